The lowest BCUT2D eigenvalue weighted by atomic mass is 9.78. The zero-order chi connectivity index (χ0) is 22.1. The van der Waals surface area contributed by atoms with Crippen molar-refractivity contribution < 1.29 is 23.9 Å². The summed E-state index contributed by atoms with van der Waals surface area (Å²) in [5.41, 5.74) is 1.04. The molecule has 0 bridgehead atoms. The van der Waals surface area contributed by atoms with Crippen molar-refractivity contribution in [1.29, 1.82) is 0 Å². The summed E-state index contributed by atoms with van der Waals surface area (Å²) in [6.45, 7) is 1.53. The van der Waals surface area contributed by atoms with E-state index in [9.17, 15) is 19.2 Å². The van der Waals surface area contributed by atoms with Gasteiger partial charge >= 0.3 is 5.97 Å². The van der Waals surface area contributed by atoms with E-state index >= 15 is 0 Å². The van der Waals surface area contributed by atoms with Gasteiger partial charge < -0.3 is 4.74 Å². The van der Waals surface area contributed by atoms with Crippen LogP contribution in [-0.4, -0.2) is 30.2 Å². The molecule has 7 heteroatoms. The van der Waals surface area contributed by atoms with Crippen LogP contribution in [0.2, 0.25) is 5.02 Å². The van der Waals surface area contributed by atoms with Gasteiger partial charge in [0.1, 0.15) is 0 Å². The average Bonchev–Trinajstić information content (AvgIpc) is 3.03. The van der Waals surface area contributed by atoms with E-state index in [2.05, 4.69) is 0 Å². The number of ketones is 1. The predicted molar refractivity (Wildman–Crippen MR) is 115 cm³/mol. The molecule has 2 aliphatic rings. The predicted octanol–water partition coefficient (Wildman–Crippen LogP) is 4.08. The molecule has 0 saturated carbocycles. The lowest BCUT2D eigenvalue weighted by Gasteiger charge is -2.22. The molecule has 6 nitrogen and oxygen atoms in total. The van der Waals surface area contributed by atoms with Crippen LogP contribution in [0.15, 0.2) is 60.7 Å². The van der Waals surface area contributed by atoms with Crippen molar-refractivity contribution >= 4 is 40.9 Å². The summed E-state index contributed by atoms with van der Waals surface area (Å²) in [6.07, 6.45) is 4.48. The van der Waals surface area contributed by atoms with E-state index < -0.39 is 12.6 Å². The van der Waals surface area contributed by atoms with Crippen LogP contribution < -0.4 is 4.90 Å². The largest absolute Gasteiger partial charge is 0.454 e. The molecular weight excluding hydrogens is 418 g/mol. The number of esters is 1. The monoisotopic (exact) mass is 437 g/mol. The van der Waals surface area contributed by atoms with E-state index in [0.29, 0.717) is 22.7 Å². The Bertz CT molecular complexity index is 1070. The van der Waals surface area contributed by atoms with Crippen molar-refractivity contribution in [3.63, 3.8) is 0 Å². The van der Waals surface area contributed by atoms with Crippen LogP contribution in [0.4, 0.5) is 5.69 Å². The Hall–Kier alpha value is -3.25. The first-order chi connectivity index (χ1) is 14.9. The molecule has 0 spiro atoms. The summed E-state index contributed by atoms with van der Waals surface area (Å²) in [5, 5.41) is 0.508. The number of hydrogen-bond donors (Lipinski definition) is 0. The second-order valence-corrected chi connectivity index (χ2v) is 8.16. The number of fused-ring (bicyclic) bond motifs is 1. The number of carbonyl (C=O) groups is 4. The highest BCUT2D eigenvalue weighted by molar-refractivity contribution is 6.30. The zero-order valence-electron chi connectivity index (χ0n) is 16.8. The summed E-state index contributed by atoms with van der Waals surface area (Å²) in [5.74, 6) is -2.12. The topological polar surface area (TPSA) is 80.8 Å². The van der Waals surface area contributed by atoms with Crippen LogP contribution in [0.3, 0.4) is 0 Å². The Morgan fingerprint density at radius 2 is 1.65 bits per heavy atom. The Morgan fingerprint density at radius 1 is 1.00 bits per heavy atom. The Kier molecular flexibility index (Phi) is 5.74. The molecule has 0 N–H and O–H groups in total. The van der Waals surface area contributed by atoms with Gasteiger partial charge in [-0.3, -0.25) is 19.3 Å². The van der Waals surface area contributed by atoms with E-state index in [-0.39, 0.29) is 40.9 Å². The Balaban J connectivity index is 1.41. The molecule has 0 radical (unpaired) electrons. The smallest absolute Gasteiger partial charge is 0.338 e. The molecule has 0 unspecified atom stereocenters. The number of nitrogens with zero attached hydrogens (tertiary/aromatic N) is 1. The Morgan fingerprint density at radius 3 is 2.29 bits per heavy atom. The minimum Gasteiger partial charge on any atom is -0.454 e. The number of ether oxygens (including phenoxy) is 1. The maximum Gasteiger partial charge on any atom is 0.338 e. The van der Waals surface area contributed by atoms with Crippen molar-refractivity contribution in [3.05, 3.63) is 76.8 Å². The van der Waals surface area contributed by atoms with Gasteiger partial charge in [-0.15, -0.1) is 0 Å². The number of benzene rings is 2. The van der Waals surface area contributed by atoms with Crippen molar-refractivity contribution in [3.8, 4) is 0 Å². The Labute approximate surface area is 184 Å². The quantitative estimate of drug-likeness (QED) is 0.305. The van der Waals surface area contributed by atoms with E-state index in [1.807, 2.05) is 19.1 Å². The summed E-state index contributed by atoms with van der Waals surface area (Å²) < 4.78 is 5.10. The number of rotatable bonds is 5. The SMILES string of the molecule is C[C@@H]1C=CC[C@H]2C(=O)N(c3ccc(C(=O)OCC(=O)c4ccc(Cl)cc4)cc3)C(=O)[C@H]12. The summed E-state index contributed by atoms with van der Waals surface area (Å²) in [7, 11) is 0. The number of hydrogen-bond acceptors (Lipinski definition) is 5. The molecule has 3 atom stereocenters. The normalized spacial score (nSPS) is 22.4. The van der Waals surface area contributed by atoms with E-state index in [0.717, 1.165) is 0 Å². The van der Waals surface area contributed by atoms with E-state index in [1.165, 1.54) is 17.0 Å². The van der Waals surface area contributed by atoms with Crippen LogP contribution in [0.5, 0.6) is 0 Å². The molecule has 31 heavy (non-hydrogen) atoms. The number of Topliss-reactive ketones (excluding diaryl/α,β-unsaturated/α-hetero) is 1. The van der Waals surface area contributed by atoms with E-state index in [4.69, 9.17) is 16.3 Å². The van der Waals surface area contributed by atoms with Gasteiger partial charge in [0.25, 0.3) is 0 Å². The maximum absolute atomic E-state index is 12.8. The van der Waals surface area contributed by atoms with Crippen LogP contribution >= 0.6 is 11.6 Å². The van der Waals surface area contributed by atoms with Gasteiger partial charge in [0.15, 0.2) is 12.4 Å². The van der Waals surface area contributed by atoms with Crippen molar-refractivity contribution in [1.82, 2.24) is 0 Å². The first-order valence-corrected chi connectivity index (χ1v) is 10.3. The fourth-order valence-electron chi connectivity index (χ4n) is 4.08. The van der Waals surface area contributed by atoms with Crippen LogP contribution in [0, 0.1) is 17.8 Å². The van der Waals surface area contributed by atoms with Crippen molar-refractivity contribution in [2.45, 2.75) is 13.3 Å². The second kappa shape index (κ2) is 8.47. The highest BCUT2D eigenvalue weighted by atomic mass is 35.5. The lowest BCUT2D eigenvalue weighted by molar-refractivity contribution is -0.122. The van der Waals surface area contributed by atoms with Gasteiger partial charge in [0.2, 0.25) is 11.8 Å². The molecule has 1 heterocycles. The number of imide groups is 1. The van der Waals surface area contributed by atoms with Crippen LogP contribution in [0.1, 0.15) is 34.1 Å². The zero-order valence-corrected chi connectivity index (χ0v) is 17.5. The molecule has 1 saturated heterocycles. The molecule has 158 valence electrons. The molecule has 4 rings (SSSR count). The van der Waals surface area contributed by atoms with Gasteiger partial charge in [0.05, 0.1) is 23.1 Å². The van der Waals surface area contributed by atoms with Crippen molar-refractivity contribution in [2.24, 2.45) is 17.8 Å². The lowest BCUT2D eigenvalue weighted by Crippen LogP contribution is -2.31. The van der Waals surface area contributed by atoms with Gasteiger partial charge in [-0.25, -0.2) is 4.79 Å². The second-order valence-electron chi connectivity index (χ2n) is 7.72. The number of allylic oxidation sites excluding steroid dienone is 2. The minimum atomic E-state index is -0.667. The number of anilines is 1. The average molecular weight is 438 g/mol. The third-order valence-electron chi connectivity index (χ3n) is 5.73. The van der Waals surface area contributed by atoms with Crippen LogP contribution in [0.25, 0.3) is 0 Å². The van der Waals surface area contributed by atoms with Gasteiger partial charge in [-0.2, -0.15) is 0 Å². The molecule has 1 fully saturated rings. The number of halogens is 1. The third kappa shape index (κ3) is 4.03. The standard InChI is InChI=1S/C24H20ClNO5/c1-14-3-2-4-19-21(14)23(29)26(22(19)28)18-11-7-16(8-12-18)24(30)31-13-20(27)15-5-9-17(25)10-6-15/h2-3,5-12,14,19,21H,4,13H2,1H3/t14-,19-,21-/m1/s1. The molecule has 0 aromatic heterocycles. The highest BCUT2D eigenvalue weighted by Crippen LogP contribution is 2.40. The van der Waals surface area contributed by atoms with Crippen molar-refractivity contribution in [2.75, 3.05) is 11.5 Å². The van der Waals surface area contributed by atoms with Gasteiger partial charge in [-0.05, 0) is 60.9 Å². The van der Waals surface area contributed by atoms with Gasteiger partial charge in [-0.1, -0.05) is 30.7 Å². The first-order valence-electron chi connectivity index (χ1n) is 9.97. The van der Waals surface area contributed by atoms with E-state index in [1.54, 1.807) is 36.4 Å². The fraction of sp³-hybridized carbons (Fsp3) is 0.250. The molecule has 1 aliphatic heterocycles. The molecule has 2 amide bonds. The number of amides is 2. The maximum atomic E-state index is 12.8. The molecular formula is C24H20ClNO5. The summed E-state index contributed by atoms with van der Waals surface area (Å²) >= 11 is 5.80. The molecule has 2 aromatic carbocycles. The third-order valence-corrected chi connectivity index (χ3v) is 5.99. The first kappa shape index (κ1) is 21.0. The molecule has 2 aromatic rings. The summed E-state index contributed by atoms with van der Waals surface area (Å²) in [4.78, 5) is 51.3. The molecule has 1 aliphatic carbocycles. The summed E-state index contributed by atoms with van der Waals surface area (Å²) in [6, 6.07) is 12.3. The van der Waals surface area contributed by atoms with Crippen LogP contribution in [-0.2, 0) is 14.3 Å². The fourth-order valence-corrected chi connectivity index (χ4v) is 4.21. The van der Waals surface area contributed by atoms with Gasteiger partial charge in [0, 0.05) is 10.6 Å². The number of carbonyl (C=O) groups excluding carboxylic acids is 4. The highest BCUT2D eigenvalue weighted by Gasteiger charge is 2.50. The minimum absolute atomic E-state index is 0.00706.